The molecule has 1 heterocycles. The van der Waals surface area contributed by atoms with Crippen molar-refractivity contribution < 1.29 is 4.74 Å². The monoisotopic (exact) mass is 294 g/mol. The molecule has 1 aromatic carbocycles. The lowest BCUT2D eigenvalue weighted by molar-refractivity contribution is 0.0901. The van der Waals surface area contributed by atoms with Gasteiger partial charge in [-0.2, -0.15) is 0 Å². The molecule has 1 fully saturated rings. The minimum Gasteiger partial charge on any atom is -0.376 e. The molecule has 0 N–H and O–H groups in total. The van der Waals surface area contributed by atoms with Crippen LogP contribution in [0.5, 0.6) is 0 Å². The molecule has 1 saturated heterocycles. The molecular weight excluding hydrogens is 268 g/mol. The van der Waals surface area contributed by atoms with Crippen LogP contribution < -0.4 is 0 Å². The molecule has 0 saturated carbocycles. The Morgan fingerprint density at radius 1 is 1.10 bits per heavy atom. The Bertz CT molecular complexity index is 453. The van der Waals surface area contributed by atoms with Crippen molar-refractivity contribution in [2.75, 3.05) is 6.61 Å². The second-order valence-corrected chi connectivity index (χ2v) is 7.17. The number of alkyl halides is 1. The van der Waals surface area contributed by atoms with Crippen molar-refractivity contribution in [2.45, 2.75) is 64.4 Å². The SMILES string of the molecule is CC(C)c1ccc(C(Cl)C2OCCC2C)c(C(C)C)c1. The third-order valence-electron chi connectivity index (χ3n) is 4.43. The van der Waals surface area contributed by atoms with E-state index in [9.17, 15) is 0 Å². The Kier molecular flexibility index (Phi) is 5.14. The molecule has 1 aliphatic heterocycles. The second-order valence-electron chi connectivity index (χ2n) is 6.70. The third kappa shape index (κ3) is 3.20. The van der Waals surface area contributed by atoms with Gasteiger partial charge in [0.1, 0.15) is 0 Å². The van der Waals surface area contributed by atoms with E-state index in [1.54, 1.807) is 0 Å². The van der Waals surface area contributed by atoms with Crippen molar-refractivity contribution in [2.24, 2.45) is 5.92 Å². The average Bonchev–Trinajstić information content (AvgIpc) is 2.83. The van der Waals surface area contributed by atoms with E-state index in [1.807, 2.05) is 0 Å². The van der Waals surface area contributed by atoms with Crippen LogP contribution in [0.2, 0.25) is 0 Å². The van der Waals surface area contributed by atoms with E-state index >= 15 is 0 Å². The van der Waals surface area contributed by atoms with Crippen LogP contribution in [-0.2, 0) is 4.74 Å². The van der Waals surface area contributed by atoms with Crippen LogP contribution in [-0.4, -0.2) is 12.7 Å². The van der Waals surface area contributed by atoms with E-state index in [2.05, 4.69) is 52.8 Å². The summed E-state index contributed by atoms with van der Waals surface area (Å²) >= 11 is 6.76. The maximum absolute atomic E-state index is 6.76. The largest absolute Gasteiger partial charge is 0.376 e. The van der Waals surface area contributed by atoms with E-state index < -0.39 is 0 Å². The number of hydrogen-bond donors (Lipinski definition) is 0. The van der Waals surface area contributed by atoms with Crippen molar-refractivity contribution in [1.29, 1.82) is 0 Å². The first-order chi connectivity index (χ1) is 9.41. The van der Waals surface area contributed by atoms with Gasteiger partial charge in [0.05, 0.1) is 11.5 Å². The van der Waals surface area contributed by atoms with Crippen molar-refractivity contribution in [3.05, 3.63) is 34.9 Å². The summed E-state index contributed by atoms with van der Waals surface area (Å²) in [4.78, 5) is 0. The number of benzene rings is 1. The zero-order valence-electron chi connectivity index (χ0n) is 13.3. The molecule has 0 aromatic heterocycles. The van der Waals surface area contributed by atoms with Crippen LogP contribution in [0.4, 0.5) is 0 Å². The number of halogens is 1. The van der Waals surface area contributed by atoms with Gasteiger partial charge in [0.2, 0.25) is 0 Å². The van der Waals surface area contributed by atoms with Gasteiger partial charge in [0.25, 0.3) is 0 Å². The molecular formula is C18H27ClO. The van der Waals surface area contributed by atoms with Crippen LogP contribution in [0.25, 0.3) is 0 Å². The fourth-order valence-electron chi connectivity index (χ4n) is 2.97. The molecule has 0 bridgehead atoms. The highest BCUT2D eigenvalue weighted by atomic mass is 35.5. The zero-order valence-corrected chi connectivity index (χ0v) is 14.1. The van der Waals surface area contributed by atoms with Gasteiger partial charge in [0, 0.05) is 6.61 Å². The van der Waals surface area contributed by atoms with Gasteiger partial charge in [-0.25, -0.2) is 0 Å². The summed E-state index contributed by atoms with van der Waals surface area (Å²) in [7, 11) is 0. The van der Waals surface area contributed by atoms with Gasteiger partial charge in [-0.3, -0.25) is 0 Å². The maximum atomic E-state index is 6.76. The van der Waals surface area contributed by atoms with Crippen LogP contribution in [0.3, 0.4) is 0 Å². The smallest absolute Gasteiger partial charge is 0.0852 e. The zero-order chi connectivity index (χ0) is 14.9. The summed E-state index contributed by atoms with van der Waals surface area (Å²) in [6, 6.07) is 6.78. The summed E-state index contributed by atoms with van der Waals surface area (Å²) in [6.45, 7) is 12.0. The highest BCUT2D eigenvalue weighted by Crippen LogP contribution is 2.39. The quantitative estimate of drug-likeness (QED) is 0.653. The average molecular weight is 295 g/mol. The molecule has 1 nitrogen and oxygen atoms in total. The highest BCUT2D eigenvalue weighted by molar-refractivity contribution is 6.21. The number of hydrogen-bond acceptors (Lipinski definition) is 1. The molecule has 2 rings (SSSR count). The van der Waals surface area contributed by atoms with E-state index in [4.69, 9.17) is 16.3 Å². The van der Waals surface area contributed by atoms with Crippen molar-refractivity contribution in [3.63, 3.8) is 0 Å². The Morgan fingerprint density at radius 3 is 2.30 bits per heavy atom. The first-order valence-corrected chi connectivity index (χ1v) is 8.24. The molecule has 3 atom stereocenters. The Balaban J connectivity index is 2.35. The van der Waals surface area contributed by atoms with E-state index in [-0.39, 0.29) is 11.5 Å². The van der Waals surface area contributed by atoms with Gasteiger partial charge in [-0.05, 0) is 40.9 Å². The molecule has 0 radical (unpaired) electrons. The predicted molar refractivity (Wildman–Crippen MR) is 86.7 cm³/mol. The van der Waals surface area contributed by atoms with Crippen molar-refractivity contribution >= 4 is 11.6 Å². The first kappa shape index (κ1) is 15.9. The van der Waals surface area contributed by atoms with Gasteiger partial charge < -0.3 is 4.74 Å². The summed E-state index contributed by atoms with van der Waals surface area (Å²) < 4.78 is 5.86. The molecule has 20 heavy (non-hydrogen) atoms. The highest BCUT2D eigenvalue weighted by Gasteiger charge is 2.33. The number of rotatable bonds is 4. The minimum atomic E-state index is -0.0360. The third-order valence-corrected chi connectivity index (χ3v) is 4.91. The van der Waals surface area contributed by atoms with Crippen LogP contribution in [0, 0.1) is 5.92 Å². The Morgan fingerprint density at radius 2 is 1.80 bits per heavy atom. The molecule has 0 aliphatic carbocycles. The maximum Gasteiger partial charge on any atom is 0.0852 e. The van der Waals surface area contributed by atoms with E-state index in [0.717, 1.165) is 13.0 Å². The Labute approximate surface area is 128 Å². The minimum absolute atomic E-state index is 0.0360. The van der Waals surface area contributed by atoms with Gasteiger partial charge in [-0.15, -0.1) is 11.6 Å². The van der Waals surface area contributed by atoms with Gasteiger partial charge in [-0.1, -0.05) is 52.8 Å². The first-order valence-electron chi connectivity index (χ1n) is 7.81. The summed E-state index contributed by atoms with van der Waals surface area (Å²) in [5, 5.41) is -0.0360. The van der Waals surface area contributed by atoms with Crippen LogP contribution >= 0.6 is 11.6 Å². The molecule has 0 spiro atoms. The van der Waals surface area contributed by atoms with Crippen LogP contribution in [0.1, 0.15) is 74.9 Å². The van der Waals surface area contributed by atoms with Crippen molar-refractivity contribution in [1.82, 2.24) is 0 Å². The van der Waals surface area contributed by atoms with E-state index in [1.165, 1.54) is 16.7 Å². The Hall–Kier alpha value is -0.530. The second kappa shape index (κ2) is 6.49. The summed E-state index contributed by atoms with van der Waals surface area (Å²) in [6.07, 6.45) is 1.27. The topological polar surface area (TPSA) is 9.23 Å². The van der Waals surface area contributed by atoms with Crippen LogP contribution in [0.15, 0.2) is 18.2 Å². The predicted octanol–water partition coefficient (Wildman–Crippen LogP) is 5.64. The van der Waals surface area contributed by atoms with Gasteiger partial charge >= 0.3 is 0 Å². The molecule has 1 aliphatic rings. The van der Waals surface area contributed by atoms with Gasteiger partial charge in [0.15, 0.2) is 0 Å². The number of ether oxygens (including phenoxy) is 1. The summed E-state index contributed by atoms with van der Waals surface area (Å²) in [5.74, 6) is 1.58. The standard InChI is InChI=1S/C18H27ClO/c1-11(2)14-6-7-15(16(10-14)12(3)4)17(19)18-13(5)8-9-20-18/h6-7,10-13,17-18H,8-9H2,1-5H3. The molecule has 3 unspecified atom stereocenters. The fraction of sp³-hybridized carbons (Fsp3) is 0.667. The molecule has 1 aromatic rings. The van der Waals surface area contributed by atoms with Crippen molar-refractivity contribution in [3.8, 4) is 0 Å². The molecule has 0 amide bonds. The fourth-order valence-corrected chi connectivity index (χ4v) is 3.49. The summed E-state index contributed by atoms with van der Waals surface area (Å²) in [5.41, 5.74) is 4.02. The lowest BCUT2D eigenvalue weighted by atomic mass is 9.87. The normalized spacial score (nSPS) is 24.6. The molecule has 112 valence electrons. The lowest BCUT2D eigenvalue weighted by Gasteiger charge is -2.25. The lowest BCUT2D eigenvalue weighted by Crippen LogP contribution is -2.20. The molecule has 2 heteroatoms. The van der Waals surface area contributed by atoms with E-state index in [0.29, 0.717) is 17.8 Å².